The molecule has 0 bridgehead atoms. The van der Waals surface area contributed by atoms with Crippen LogP contribution in [0, 0.1) is 0 Å². The van der Waals surface area contributed by atoms with Gasteiger partial charge in [-0.25, -0.2) is 0 Å². The minimum absolute atomic E-state index is 0.0634. The number of nitrogens with zero attached hydrogens (tertiary/aromatic N) is 1. The molecule has 18 heavy (non-hydrogen) atoms. The Morgan fingerprint density at radius 3 is 2.61 bits per heavy atom. The number of nitrogens with two attached hydrogens (primary N) is 1. The van der Waals surface area contributed by atoms with Crippen molar-refractivity contribution < 1.29 is 9.84 Å². The summed E-state index contributed by atoms with van der Waals surface area (Å²) in [6, 6.07) is 8.08. The average molecular weight is 250 g/mol. The van der Waals surface area contributed by atoms with E-state index < -0.39 is 5.54 Å². The summed E-state index contributed by atoms with van der Waals surface area (Å²) >= 11 is 0. The summed E-state index contributed by atoms with van der Waals surface area (Å²) in [6.45, 7) is 4.45. The second kappa shape index (κ2) is 5.59. The van der Waals surface area contributed by atoms with Gasteiger partial charge in [-0.05, 0) is 31.9 Å². The van der Waals surface area contributed by atoms with E-state index in [0.29, 0.717) is 6.61 Å². The lowest BCUT2D eigenvalue weighted by atomic mass is 9.89. The molecular weight excluding hydrogens is 228 g/mol. The Balaban J connectivity index is 2.09. The van der Waals surface area contributed by atoms with E-state index in [-0.39, 0.29) is 6.61 Å². The Labute approximate surface area is 108 Å². The predicted molar refractivity (Wildman–Crippen MR) is 73.1 cm³/mol. The molecule has 1 aliphatic rings. The summed E-state index contributed by atoms with van der Waals surface area (Å²) in [5, 5.41) is 9.28. The van der Waals surface area contributed by atoms with Crippen molar-refractivity contribution in [3.63, 3.8) is 0 Å². The van der Waals surface area contributed by atoms with E-state index >= 15 is 0 Å². The fourth-order valence-corrected chi connectivity index (χ4v) is 2.35. The number of ether oxygens (including phenoxy) is 1. The molecule has 0 aromatic heterocycles. The van der Waals surface area contributed by atoms with Gasteiger partial charge in [-0.1, -0.05) is 12.1 Å². The van der Waals surface area contributed by atoms with Crippen LogP contribution in [0.4, 0.5) is 5.69 Å². The first-order chi connectivity index (χ1) is 8.68. The third-order valence-electron chi connectivity index (χ3n) is 3.58. The van der Waals surface area contributed by atoms with Crippen LogP contribution in [0.2, 0.25) is 0 Å². The van der Waals surface area contributed by atoms with Gasteiger partial charge in [0.2, 0.25) is 0 Å². The quantitative estimate of drug-likeness (QED) is 0.847. The Morgan fingerprint density at radius 2 is 2.00 bits per heavy atom. The molecule has 4 heteroatoms. The zero-order chi connectivity index (χ0) is 13.0. The lowest BCUT2D eigenvalue weighted by Crippen LogP contribution is -2.53. The first kappa shape index (κ1) is 13.2. The standard InChI is InChI=1S/C14H22N2O2/c1-2-18-13-6-4-3-5-12(13)16-9-7-14(15,11-17)8-10-16/h3-6,17H,2,7-11,15H2,1H3. The van der Waals surface area contributed by atoms with Gasteiger partial charge in [-0.15, -0.1) is 0 Å². The molecule has 0 radical (unpaired) electrons. The first-order valence-electron chi connectivity index (χ1n) is 6.55. The van der Waals surface area contributed by atoms with Gasteiger partial charge in [0.25, 0.3) is 0 Å². The van der Waals surface area contributed by atoms with Gasteiger partial charge in [-0.2, -0.15) is 0 Å². The molecule has 0 spiro atoms. The van der Waals surface area contributed by atoms with Crippen LogP contribution in [0.5, 0.6) is 5.75 Å². The molecular formula is C14H22N2O2. The van der Waals surface area contributed by atoms with Crippen LogP contribution < -0.4 is 15.4 Å². The minimum atomic E-state index is -0.406. The van der Waals surface area contributed by atoms with Gasteiger partial charge in [-0.3, -0.25) is 0 Å². The van der Waals surface area contributed by atoms with Gasteiger partial charge >= 0.3 is 0 Å². The second-order valence-corrected chi connectivity index (χ2v) is 4.91. The van der Waals surface area contributed by atoms with Crippen molar-refractivity contribution in [1.29, 1.82) is 0 Å². The molecule has 0 atom stereocenters. The molecule has 2 rings (SSSR count). The van der Waals surface area contributed by atoms with Gasteiger partial charge in [0.15, 0.2) is 0 Å². The summed E-state index contributed by atoms with van der Waals surface area (Å²) in [7, 11) is 0. The van der Waals surface area contributed by atoms with E-state index in [1.165, 1.54) is 0 Å². The summed E-state index contributed by atoms with van der Waals surface area (Å²) in [6.07, 6.45) is 1.62. The Hall–Kier alpha value is -1.26. The van der Waals surface area contributed by atoms with Crippen LogP contribution in [0.25, 0.3) is 0 Å². The molecule has 1 aromatic rings. The Kier molecular flexibility index (Phi) is 4.09. The van der Waals surface area contributed by atoms with Crippen LogP contribution in [0.1, 0.15) is 19.8 Å². The largest absolute Gasteiger partial charge is 0.492 e. The van der Waals surface area contributed by atoms with Gasteiger partial charge in [0.1, 0.15) is 5.75 Å². The number of rotatable bonds is 4. The fraction of sp³-hybridized carbons (Fsp3) is 0.571. The van der Waals surface area contributed by atoms with Crippen LogP contribution in [-0.2, 0) is 0 Å². The number of hydrogen-bond acceptors (Lipinski definition) is 4. The number of aliphatic hydroxyl groups excluding tert-OH is 1. The van der Waals surface area contributed by atoms with Crippen molar-refractivity contribution in [2.75, 3.05) is 31.2 Å². The summed E-state index contributed by atoms with van der Waals surface area (Å²) in [5.41, 5.74) is 6.81. The van der Waals surface area contributed by atoms with Gasteiger partial charge in [0.05, 0.1) is 18.9 Å². The zero-order valence-electron chi connectivity index (χ0n) is 10.9. The summed E-state index contributed by atoms with van der Waals surface area (Å²) in [4.78, 5) is 2.28. The molecule has 0 saturated carbocycles. The van der Waals surface area contributed by atoms with Crippen molar-refractivity contribution in [1.82, 2.24) is 0 Å². The lowest BCUT2D eigenvalue weighted by Gasteiger charge is -2.39. The Morgan fingerprint density at radius 1 is 1.33 bits per heavy atom. The van der Waals surface area contributed by atoms with E-state index in [1.54, 1.807) is 0 Å². The van der Waals surface area contributed by atoms with Crippen LogP contribution >= 0.6 is 0 Å². The van der Waals surface area contributed by atoms with E-state index in [0.717, 1.165) is 37.4 Å². The zero-order valence-corrected chi connectivity index (χ0v) is 10.9. The highest BCUT2D eigenvalue weighted by Crippen LogP contribution is 2.31. The van der Waals surface area contributed by atoms with E-state index in [2.05, 4.69) is 11.0 Å². The van der Waals surface area contributed by atoms with Crippen LogP contribution in [0.3, 0.4) is 0 Å². The average Bonchev–Trinajstić information content (AvgIpc) is 2.41. The maximum Gasteiger partial charge on any atom is 0.142 e. The number of hydrogen-bond donors (Lipinski definition) is 2. The highest BCUT2D eigenvalue weighted by molar-refractivity contribution is 5.58. The smallest absolute Gasteiger partial charge is 0.142 e. The molecule has 1 aliphatic heterocycles. The molecule has 1 saturated heterocycles. The molecule has 0 unspecified atom stereocenters. The van der Waals surface area contributed by atoms with Crippen molar-refractivity contribution in [3.8, 4) is 5.75 Å². The third kappa shape index (κ3) is 2.76. The van der Waals surface area contributed by atoms with Crippen molar-refractivity contribution in [3.05, 3.63) is 24.3 Å². The monoisotopic (exact) mass is 250 g/mol. The third-order valence-corrected chi connectivity index (χ3v) is 3.58. The van der Waals surface area contributed by atoms with E-state index in [4.69, 9.17) is 10.5 Å². The van der Waals surface area contributed by atoms with Crippen molar-refractivity contribution in [2.24, 2.45) is 5.73 Å². The summed E-state index contributed by atoms with van der Waals surface area (Å²) in [5.74, 6) is 0.925. The minimum Gasteiger partial charge on any atom is -0.492 e. The molecule has 1 fully saturated rings. The predicted octanol–water partition coefficient (Wildman–Crippen LogP) is 1.38. The number of anilines is 1. The molecule has 0 amide bonds. The van der Waals surface area contributed by atoms with E-state index in [9.17, 15) is 5.11 Å². The molecule has 1 aromatic carbocycles. The molecule has 0 aliphatic carbocycles. The lowest BCUT2D eigenvalue weighted by molar-refractivity contribution is 0.170. The van der Waals surface area contributed by atoms with Gasteiger partial charge in [0, 0.05) is 18.6 Å². The van der Waals surface area contributed by atoms with Gasteiger partial charge < -0.3 is 20.5 Å². The number of piperidine rings is 1. The highest BCUT2D eigenvalue weighted by Gasteiger charge is 2.30. The van der Waals surface area contributed by atoms with Crippen LogP contribution in [0.15, 0.2) is 24.3 Å². The number of benzene rings is 1. The Bertz CT molecular complexity index is 387. The van der Waals surface area contributed by atoms with Crippen molar-refractivity contribution >= 4 is 5.69 Å². The molecule has 3 N–H and O–H groups in total. The summed E-state index contributed by atoms with van der Waals surface area (Å²) < 4.78 is 5.65. The van der Waals surface area contributed by atoms with E-state index in [1.807, 2.05) is 25.1 Å². The molecule has 100 valence electrons. The normalized spacial score (nSPS) is 18.7. The number of aliphatic hydroxyl groups is 1. The maximum atomic E-state index is 9.28. The SMILES string of the molecule is CCOc1ccccc1N1CCC(N)(CO)CC1. The maximum absolute atomic E-state index is 9.28. The van der Waals surface area contributed by atoms with Crippen molar-refractivity contribution in [2.45, 2.75) is 25.3 Å². The molecule has 1 heterocycles. The fourth-order valence-electron chi connectivity index (χ4n) is 2.35. The van der Waals surface area contributed by atoms with Crippen LogP contribution in [-0.4, -0.2) is 36.9 Å². The first-order valence-corrected chi connectivity index (χ1v) is 6.55. The molecule has 4 nitrogen and oxygen atoms in total. The second-order valence-electron chi connectivity index (χ2n) is 4.91. The number of para-hydroxylation sites is 2. The topological polar surface area (TPSA) is 58.7 Å². The highest BCUT2D eigenvalue weighted by atomic mass is 16.5.